The molecule has 0 fully saturated rings. The molecule has 0 saturated carbocycles. The number of aliphatic hydroxyl groups excluding tert-OH is 1. The Morgan fingerprint density at radius 2 is 2.23 bits per heavy atom. The topological polar surface area (TPSA) is 33.1 Å². The van der Waals surface area contributed by atoms with E-state index in [2.05, 4.69) is 20.9 Å². The molecule has 0 bridgehead atoms. The second-order valence-corrected chi connectivity index (χ2v) is 3.17. The van der Waals surface area contributed by atoms with Crippen molar-refractivity contribution in [3.8, 4) is 0 Å². The second-order valence-electron chi connectivity index (χ2n) is 2.36. The molecule has 1 aromatic heterocycles. The molecule has 2 nitrogen and oxygen atoms in total. The Hall–Kier alpha value is -0.930. The zero-order valence-electron chi connectivity index (χ0n) is 7.02. The number of pyridine rings is 1. The maximum atomic E-state index is 8.46. The largest absolute Gasteiger partial charge is 0.392 e. The van der Waals surface area contributed by atoms with Crippen LogP contribution < -0.4 is 0 Å². The van der Waals surface area contributed by atoms with E-state index in [4.69, 9.17) is 5.11 Å². The summed E-state index contributed by atoms with van der Waals surface area (Å²) in [5.41, 5.74) is 0.886. The Morgan fingerprint density at radius 1 is 1.38 bits per heavy atom. The van der Waals surface area contributed by atoms with E-state index in [-0.39, 0.29) is 6.61 Å². The van der Waals surface area contributed by atoms with Crippen LogP contribution in [0.3, 0.4) is 0 Å². The highest BCUT2D eigenvalue weighted by Crippen LogP contribution is 2.07. The van der Waals surface area contributed by atoms with Crippen molar-refractivity contribution >= 4 is 22.0 Å². The van der Waals surface area contributed by atoms with E-state index < -0.39 is 0 Å². The standard InChI is InChI=1S/C10H10BrNO/c11-10-7-4-6-9(12-10)5-2-1-3-8-13/h1-7,13H,8H2/b3-1+,5-2+. The van der Waals surface area contributed by atoms with Crippen LogP contribution in [-0.4, -0.2) is 16.7 Å². The van der Waals surface area contributed by atoms with Crippen molar-refractivity contribution in [3.63, 3.8) is 0 Å². The fourth-order valence-electron chi connectivity index (χ4n) is 0.810. The lowest BCUT2D eigenvalue weighted by Crippen LogP contribution is -1.79. The molecule has 13 heavy (non-hydrogen) atoms. The van der Waals surface area contributed by atoms with Gasteiger partial charge < -0.3 is 5.11 Å². The van der Waals surface area contributed by atoms with Gasteiger partial charge in [0.25, 0.3) is 0 Å². The summed E-state index contributed by atoms with van der Waals surface area (Å²) in [7, 11) is 0. The van der Waals surface area contributed by atoms with Crippen molar-refractivity contribution in [3.05, 3.63) is 46.7 Å². The third-order valence-electron chi connectivity index (χ3n) is 1.36. The summed E-state index contributed by atoms with van der Waals surface area (Å²) in [6, 6.07) is 5.71. The Bertz CT molecular complexity index is 320. The van der Waals surface area contributed by atoms with Gasteiger partial charge in [0.2, 0.25) is 0 Å². The monoisotopic (exact) mass is 239 g/mol. The van der Waals surface area contributed by atoms with Crippen LogP contribution in [0.15, 0.2) is 41.0 Å². The molecule has 0 aromatic carbocycles. The SMILES string of the molecule is OC/C=C/C=C/c1cccc(Br)n1. The zero-order chi connectivity index (χ0) is 9.52. The molecule has 0 radical (unpaired) electrons. The Morgan fingerprint density at radius 3 is 2.92 bits per heavy atom. The Balaban J connectivity index is 2.63. The summed E-state index contributed by atoms with van der Waals surface area (Å²) in [5, 5.41) is 8.46. The minimum atomic E-state index is 0.0657. The Kier molecular flexibility index (Phi) is 4.43. The lowest BCUT2D eigenvalue weighted by atomic mass is 10.3. The molecule has 0 aliphatic carbocycles. The molecule has 0 atom stereocenters. The van der Waals surface area contributed by atoms with Crippen LogP contribution in [0.4, 0.5) is 0 Å². The van der Waals surface area contributed by atoms with Crippen molar-refractivity contribution in [2.24, 2.45) is 0 Å². The van der Waals surface area contributed by atoms with Crippen LogP contribution >= 0.6 is 15.9 Å². The maximum Gasteiger partial charge on any atom is 0.106 e. The molecule has 1 rings (SSSR count). The lowest BCUT2D eigenvalue weighted by Gasteiger charge is -1.91. The van der Waals surface area contributed by atoms with Crippen molar-refractivity contribution in [1.82, 2.24) is 4.98 Å². The smallest absolute Gasteiger partial charge is 0.106 e. The van der Waals surface area contributed by atoms with E-state index in [1.54, 1.807) is 12.2 Å². The third kappa shape index (κ3) is 4.01. The van der Waals surface area contributed by atoms with Gasteiger partial charge in [-0.1, -0.05) is 24.3 Å². The number of allylic oxidation sites excluding steroid dienone is 2. The molecule has 68 valence electrons. The van der Waals surface area contributed by atoms with E-state index >= 15 is 0 Å². The lowest BCUT2D eigenvalue weighted by molar-refractivity contribution is 0.343. The molecular weight excluding hydrogens is 230 g/mol. The van der Waals surface area contributed by atoms with Crippen LogP contribution in [0.1, 0.15) is 5.69 Å². The first-order valence-electron chi connectivity index (χ1n) is 3.89. The summed E-state index contributed by atoms with van der Waals surface area (Å²) in [5.74, 6) is 0. The fraction of sp³-hybridized carbons (Fsp3) is 0.100. The molecule has 1 heterocycles. The molecule has 0 amide bonds. The average Bonchev–Trinajstić information content (AvgIpc) is 2.13. The average molecular weight is 240 g/mol. The van der Waals surface area contributed by atoms with Crippen LogP contribution in [0.25, 0.3) is 6.08 Å². The summed E-state index contributed by atoms with van der Waals surface area (Å²) >= 11 is 3.28. The van der Waals surface area contributed by atoms with Crippen molar-refractivity contribution in [2.45, 2.75) is 0 Å². The predicted molar refractivity (Wildman–Crippen MR) is 57.2 cm³/mol. The zero-order valence-corrected chi connectivity index (χ0v) is 8.61. The van der Waals surface area contributed by atoms with Gasteiger partial charge in [0, 0.05) is 0 Å². The first-order chi connectivity index (χ1) is 6.33. The van der Waals surface area contributed by atoms with Gasteiger partial charge in [-0.25, -0.2) is 4.98 Å². The number of aliphatic hydroxyl groups is 1. The maximum absolute atomic E-state index is 8.46. The number of aromatic nitrogens is 1. The van der Waals surface area contributed by atoms with Crippen molar-refractivity contribution < 1.29 is 5.11 Å². The van der Waals surface area contributed by atoms with E-state index in [1.165, 1.54) is 0 Å². The first kappa shape index (κ1) is 10.2. The van der Waals surface area contributed by atoms with Crippen molar-refractivity contribution in [2.75, 3.05) is 6.61 Å². The molecule has 1 aromatic rings. The number of halogens is 1. The number of nitrogens with zero attached hydrogens (tertiary/aromatic N) is 1. The first-order valence-corrected chi connectivity index (χ1v) is 4.69. The normalized spacial score (nSPS) is 11.5. The minimum absolute atomic E-state index is 0.0657. The van der Waals surface area contributed by atoms with Gasteiger partial charge >= 0.3 is 0 Å². The van der Waals surface area contributed by atoms with Crippen LogP contribution in [-0.2, 0) is 0 Å². The van der Waals surface area contributed by atoms with Gasteiger partial charge in [-0.2, -0.15) is 0 Å². The molecule has 0 unspecified atom stereocenters. The highest BCUT2D eigenvalue weighted by atomic mass is 79.9. The summed E-state index contributed by atoms with van der Waals surface area (Å²) in [6.07, 6.45) is 7.15. The van der Waals surface area contributed by atoms with Gasteiger partial charge in [-0.3, -0.25) is 0 Å². The van der Waals surface area contributed by atoms with Crippen molar-refractivity contribution in [1.29, 1.82) is 0 Å². The molecule has 3 heteroatoms. The second kappa shape index (κ2) is 5.67. The fourth-order valence-corrected chi connectivity index (χ4v) is 1.17. The van der Waals surface area contributed by atoms with Gasteiger partial charge in [0.15, 0.2) is 0 Å². The summed E-state index contributed by atoms with van der Waals surface area (Å²) < 4.78 is 0.820. The van der Waals surface area contributed by atoms with Gasteiger partial charge in [-0.05, 0) is 34.1 Å². The van der Waals surface area contributed by atoms with E-state index in [9.17, 15) is 0 Å². The van der Waals surface area contributed by atoms with E-state index in [0.29, 0.717) is 0 Å². The molecule has 0 spiro atoms. The highest BCUT2D eigenvalue weighted by molar-refractivity contribution is 9.10. The summed E-state index contributed by atoms with van der Waals surface area (Å²) in [6.45, 7) is 0.0657. The van der Waals surface area contributed by atoms with Gasteiger partial charge in [-0.15, -0.1) is 0 Å². The third-order valence-corrected chi connectivity index (χ3v) is 1.80. The van der Waals surface area contributed by atoms with E-state index in [1.807, 2.05) is 30.4 Å². The summed E-state index contributed by atoms with van der Waals surface area (Å²) in [4.78, 5) is 4.20. The Labute approximate surface area is 85.8 Å². The molecule has 0 saturated heterocycles. The number of hydrogen-bond acceptors (Lipinski definition) is 2. The predicted octanol–water partition coefficient (Wildman–Crippen LogP) is 2.41. The minimum Gasteiger partial charge on any atom is -0.392 e. The van der Waals surface area contributed by atoms with Crippen LogP contribution in [0, 0.1) is 0 Å². The van der Waals surface area contributed by atoms with Gasteiger partial charge in [0.05, 0.1) is 12.3 Å². The molecule has 0 aliphatic heterocycles. The molecular formula is C10H10BrNO. The molecule has 0 aliphatic rings. The number of rotatable bonds is 3. The van der Waals surface area contributed by atoms with E-state index in [0.717, 1.165) is 10.3 Å². The van der Waals surface area contributed by atoms with Crippen LogP contribution in [0.2, 0.25) is 0 Å². The van der Waals surface area contributed by atoms with Crippen LogP contribution in [0.5, 0.6) is 0 Å². The van der Waals surface area contributed by atoms with Gasteiger partial charge in [0.1, 0.15) is 4.60 Å². The quantitative estimate of drug-likeness (QED) is 0.650. The molecule has 1 N–H and O–H groups in total. The number of hydrogen-bond donors (Lipinski definition) is 1. The highest BCUT2D eigenvalue weighted by Gasteiger charge is 1.87.